The number of benzene rings is 1. The molecule has 0 spiro atoms. The highest BCUT2D eigenvalue weighted by atomic mass is 16.5. The number of nitrogens with two attached hydrogens (primary N) is 1. The van der Waals surface area contributed by atoms with Crippen molar-refractivity contribution < 1.29 is 19.4 Å². The summed E-state index contributed by atoms with van der Waals surface area (Å²) in [6.45, 7) is 2.74. The zero-order valence-corrected chi connectivity index (χ0v) is 18.1. The molecule has 1 aromatic rings. The van der Waals surface area contributed by atoms with Gasteiger partial charge in [-0.15, -0.1) is 0 Å². The summed E-state index contributed by atoms with van der Waals surface area (Å²) in [6, 6.07) is 4.59. The second-order valence-corrected chi connectivity index (χ2v) is 7.46. The number of methoxy groups -OCH3 is 1. The Kier molecular flexibility index (Phi) is 10.2. The lowest BCUT2D eigenvalue weighted by atomic mass is 10.1. The molecule has 0 aromatic heterocycles. The maximum absolute atomic E-state index is 13.1. The molecule has 0 atom stereocenters. The second-order valence-electron chi connectivity index (χ2n) is 7.46. The molecule has 1 rings (SSSR count). The van der Waals surface area contributed by atoms with Gasteiger partial charge >= 0.3 is 0 Å². The van der Waals surface area contributed by atoms with E-state index in [9.17, 15) is 14.7 Å². The van der Waals surface area contributed by atoms with Crippen molar-refractivity contribution in [2.75, 3.05) is 61.5 Å². The zero-order valence-electron chi connectivity index (χ0n) is 18.1. The molecule has 0 aliphatic carbocycles. The van der Waals surface area contributed by atoms with Gasteiger partial charge in [0.15, 0.2) is 11.5 Å². The first-order valence-corrected chi connectivity index (χ1v) is 9.63. The summed E-state index contributed by atoms with van der Waals surface area (Å²) in [5.74, 6) is -0.941. The Hall–Kier alpha value is -2.58. The molecule has 0 saturated heterocycles. The second kappa shape index (κ2) is 12.1. The molecule has 0 radical (unpaired) electrons. The average molecular weight is 407 g/mol. The lowest BCUT2D eigenvalue weighted by Crippen LogP contribution is -2.39. The minimum absolute atomic E-state index is 0.0226. The Balaban J connectivity index is 3.08. The molecule has 0 unspecified atom stereocenters. The number of primary amides is 1. The molecule has 0 saturated carbocycles. The van der Waals surface area contributed by atoms with Gasteiger partial charge in [0.25, 0.3) is 11.8 Å². The lowest BCUT2D eigenvalue weighted by molar-refractivity contribution is -0.129. The Morgan fingerprint density at radius 3 is 2.03 bits per heavy atom. The normalized spacial score (nSPS) is 11.8. The van der Waals surface area contributed by atoms with E-state index in [0.717, 1.165) is 25.9 Å². The molecular weight excluding hydrogens is 372 g/mol. The minimum atomic E-state index is -0.785. The molecule has 0 fully saturated rings. The van der Waals surface area contributed by atoms with Gasteiger partial charge < -0.3 is 30.3 Å². The fourth-order valence-electron chi connectivity index (χ4n) is 2.83. The number of phenolic OH excluding ortho intramolecular Hbond substituents is 1. The standard InChI is InChI=1S/C21H34N4O4/c1-23(2)10-6-12-25(13-7-11-24(3)4)21(28)17(20(22)27)14-16-8-9-18(26)19(15-16)29-5/h8-9,14-15,26H,6-7,10-13H2,1-5H3,(H2,22,27). The van der Waals surface area contributed by atoms with Gasteiger partial charge in [-0.3, -0.25) is 9.59 Å². The zero-order chi connectivity index (χ0) is 22.0. The van der Waals surface area contributed by atoms with Crippen molar-refractivity contribution in [2.45, 2.75) is 12.8 Å². The first kappa shape index (κ1) is 24.5. The molecule has 0 aliphatic rings. The molecule has 0 heterocycles. The Labute approximate surface area is 173 Å². The van der Waals surface area contributed by atoms with E-state index in [1.54, 1.807) is 17.0 Å². The van der Waals surface area contributed by atoms with Crippen molar-refractivity contribution >= 4 is 17.9 Å². The summed E-state index contributed by atoms with van der Waals surface area (Å²) in [7, 11) is 9.34. The Morgan fingerprint density at radius 1 is 1.03 bits per heavy atom. The maximum Gasteiger partial charge on any atom is 0.259 e. The fourth-order valence-corrected chi connectivity index (χ4v) is 2.83. The van der Waals surface area contributed by atoms with Crippen LogP contribution in [-0.2, 0) is 9.59 Å². The summed E-state index contributed by atoms with van der Waals surface area (Å²) in [4.78, 5) is 30.9. The van der Waals surface area contributed by atoms with E-state index >= 15 is 0 Å². The smallest absolute Gasteiger partial charge is 0.259 e. The number of amides is 2. The third-order valence-electron chi connectivity index (χ3n) is 4.36. The van der Waals surface area contributed by atoms with Gasteiger partial charge in [-0.2, -0.15) is 0 Å². The third kappa shape index (κ3) is 8.53. The van der Waals surface area contributed by atoms with E-state index in [-0.39, 0.29) is 23.0 Å². The molecule has 29 heavy (non-hydrogen) atoms. The molecule has 0 bridgehead atoms. The highest BCUT2D eigenvalue weighted by Gasteiger charge is 2.22. The van der Waals surface area contributed by atoms with E-state index in [4.69, 9.17) is 10.5 Å². The van der Waals surface area contributed by atoms with E-state index < -0.39 is 5.91 Å². The third-order valence-corrected chi connectivity index (χ3v) is 4.36. The predicted molar refractivity (Wildman–Crippen MR) is 115 cm³/mol. The summed E-state index contributed by atoms with van der Waals surface area (Å²) in [6.07, 6.45) is 3.02. The summed E-state index contributed by atoms with van der Waals surface area (Å²) in [5.41, 5.74) is 5.98. The van der Waals surface area contributed by atoms with Crippen LogP contribution in [0.25, 0.3) is 6.08 Å². The van der Waals surface area contributed by atoms with E-state index in [2.05, 4.69) is 9.80 Å². The van der Waals surface area contributed by atoms with E-state index in [0.29, 0.717) is 18.7 Å². The van der Waals surface area contributed by atoms with Crippen molar-refractivity contribution in [3.8, 4) is 11.5 Å². The van der Waals surface area contributed by atoms with Crippen LogP contribution in [-0.4, -0.2) is 93.1 Å². The Bertz CT molecular complexity index is 703. The number of carbonyl (C=O) groups excluding carboxylic acids is 2. The maximum atomic E-state index is 13.1. The first-order chi connectivity index (χ1) is 13.6. The van der Waals surface area contributed by atoms with Crippen molar-refractivity contribution in [3.63, 3.8) is 0 Å². The van der Waals surface area contributed by atoms with Gasteiger partial charge in [-0.1, -0.05) is 6.07 Å². The van der Waals surface area contributed by atoms with Gasteiger partial charge in [0.2, 0.25) is 0 Å². The quantitative estimate of drug-likeness (QED) is 0.305. The van der Waals surface area contributed by atoms with E-state index in [1.807, 2.05) is 28.2 Å². The number of hydrogen-bond acceptors (Lipinski definition) is 6. The molecule has 8 heteroatoms. The monoisotopic (exact) mass is 406 g/mol. The van der Waals surface area contributed by atoms with Gasteiger partial charge in [0.1, 0.15) is 5.57 Å². The summed E-state index contributed by atoms with van der Waals surface area (Å²) >= 11 is 0. The van der Waals surface area contributed by atoms with Crippen LogP contribution in [0.15, 0.2) is 23.8 Å². The molecule has 162 valence electrons. The van der Waals surface area contributed by atoms with E-state index in [1.165, 1.54) is 19.3 Å². The molecule has 3 N–H and O–H groups in total. The lowest BCUT2D eigenvalue weighted by Gasteiger charge is -2.25. The minimum Gasteiger partial charge on any atom is -0.504 e. The Morgan fingerprint density at radius 2 is 1.59 bits per heavy atom. The van der Waals surface area contributed by atoms with Crippen LogP contribution in [0.3, 0.4) is 0 Å². The number of hydrogen-bond donors (Lipinski definition) is 2. The van der Waals surface area contributed by atoms with Crippen molar-refractivity contribution in [1.29, 1.82) is 0 Å². The SMILES string of the molecule is COc1cc(C=C(C(N)=O)C(=O)N(CCCN(C)C)CCCN(C)C)ccc1O. The summed E-state index contributed by atoms with van der Waals surface area (Å²) in [5, 5.41) is 9.74. The topological polar surface area (TPSA) is 99.3 Å². The first-order valence-electron chi connectivity index (χ1n) is 9.63. The van der Waals surface area contributed by atoms with Crippen LogP contribution in [0.4, 0.5) is 0 Å². The van der Waals surface area contributed by atoms with Crippen molar-refractivity contribution in [2.24, 2.45) is 5.73 Å². The highest BCUT2D eigenvalue weighted by Crippen LogP contribution is 2.27. The van der Waals surface area contributed by atoms with Gasteiger partial charge in [-0.25, -0.2) is 0 Å². The number of rotatable bonds is 12. The van der Waals surface area contributed by atoms with Crippen LogP contribution in [0.5, 0.6) is 11.5 Å². The molecule has 0 aliphatic heterocycles. The molecule has 1 aromatic carbocycles. The van der Waals surface area contributed by atoms with Crippen molar-refractivity contribution in [3.05, 3.63) is 29.3 Å². The van der Waals surface area contributed by atoms with Crippen LogP contribution in [0.2, 0.25) is 0 Å². The number of nitrogens with zero attached hydrogens (tertiary/aromatic N) is 3. The highest BCUT2D eigenvalue weighted by molar-refractivity contribution is 6.21. The van der Waals surface area contributed by atoms with Crippen molar-refractivity contribution in [1.82, 2.24) is 14.7 Å². The van der Waals surface area contributed by atoms with Crippen LogP contribution in [0, 0.1) is 0 Å². The predicted octanol–water partition coefficient (Wildman–Crippen LogP) is 1.00. The van der Waals surface area contributed by atoms with Gasteiger partial charge in [-0.05, 0) is 77.9 Å². The number of ether oxygens (including phenoxy) is 1. The number of phenols is 1. The van der Waals surface area contributed by atoms with Gasteiger partial charge in [0.05, 0.1) is 7.11 Å². The van der Waals surface area contributed by atoms with Crippen LogP contribution in [0.1, 0.15) is 18.4 Å². The molecular formula is C21H34N4O4. The summed E-state index contributed by atoms with van der Waals surface area (Å²) < 4.78 is 5.09. The number of carbonyl (C=O) groups is 2. The van der Waals surface area contributed by atoms with Gasteiger partial charge in [0, 0.05) is 13.1 Å². The van der Waals surface area contributed by atoms with Crippen LogP contribution < -0.4 is 10.5 Å². The average Bonchev–Trinajstić information content (AvgIpc) is 2.64. The molecule has 2 amide bonds. The molecule has 8 nitrogen and oxygen atoms in total. The largest absolute Gasteiger partial charge is 0.504 e. The fraction of sp³-hybridized carbons (Fsp3) is 0.524. The number of aromatic hydroxyl groups is 1. The van der Waals surface area contributed by atoms with Crippen LogP contribution >= 0.6 is 0 Å².